The number of hydrogen-bond acceptors (Lipinski definition) is 2. The molecule has 0 aliphatic rings. The number of aromatic nitrogens is 3. The number of halogens is 1. The highest BCUT2D eigenvalue weighted by molar-refractivity contribution is 6.17. The maximum absolute atomic E-state index is 5.83. The summed E-state index contributed by atoms with van der Waals surface area (Å²) in [7, 11) is 0. The van der Waals surface area contributed by atoms with Crippen LogP contribution in [-0.2, 0) is 13.0 Å². The molecular weight excluding hydrogens is 234 g/mol. The van der Waals surface area contributed by atoms with Crippen molar-refractivity contribution in [1.29, 1.82) is 0 Å². The molecule has 2 aromatic rings. The van der Waals surface area contributed by atoms with Crippen LogP contribution in [0, 0.1) is 12.8 Å². The van der Waals surface area contributed by atoms with Gasteiger partial charge in [-0.05, 0) is 25.0 Å². The van der Waals surface area contributed by atoms with Crippen LogP contribution in [0.25, 0.3) is 11.2 Å². The van der Waals surface area contributed by atoms with Gasteiger partial charge in [0.25, 0.3) is 0 Å². The third-order valence-corrected chi connectivity index (χ3v) is 2.87. The van der Waals surface area contributed by atoms with Gasteiger partial charge in [-0.1, -0.05) is 13.8 Å². The molecule has 17 heavy (non-hydrogen) atoms. The maximum Gasteiger partial charge on any atom is 0.160 e. The standard InChI is InChI=1S/C13H18ClN3/c1-9(2)8-17-12(6-7-14)16-11-5-4-10(3)15-13(11)17/h4-5,9H,6-8H2,1-3H3. The van der Waals surface area contributed by atoms with Crippen molar-refractivity contribution >= 4 is 22.8 Å². The fourth-order valence-electron chi connectivity index (χ4n) is 1.98. The van der Waals surface area contributed by atoms with Crippen molar-refractivity contribution in [2.75, 3.05) is 5.88 Å². The molecule has 0 radical (unpaired) electrons. The first kappa shape index (κ1) is 12.4. The minimum Gasteiger partial charge on any atom is -0.312 e. The van der Waals surface area contributed by atoms with Gasteiger partial charge in [-0.15, -0.1) is 11.6 Å². The summed E-state index contributed by atoms with van der Waals surface area (Å²) in [6.07, 6.45) is 0.795. The first-order valence-corrected chi connectivity index (χ1v) is 6.54. The third-order valence-electron chi connectivity index (χ3n) is 2.68. The summed E-state index contributed by atoms with van der Waals surface area (Å²) in [5.74, 6) is 2.21. The third kappa shape index (κ3) is 2.60. The lowest BCUT2D eigenvalue weighted by molar-refractivity contribution is 0.516. The van der Waals surface area contributed by atoms with Crippen LogP contribution in [0.4, 0.5) is 0 Å². The molecule has 2 aromatic heterocycles. The van der Waals surface area contributed by atoms with E-state index in [1.54, 1.807) is 0 Å². The molecule has 0 aromatic carbocycles. The molecule has 0 fully saturated rings. The van der Waals surface area contributed by atoms with Gasteiger partial charge in [-0.3, -0.25) is 0 Å². The highest BCUT2D eigenvalue weighted by atomic mass is 35.5. The van der Waals surface area contributed by atoms with Crippen LogP contribution in [0.1, 0.15) is 25.4 Å². The van der Waals surface area contributed by atoms with Gasteiger partial charge in [-0.25, -0.2) is 9.97 Å². The number of fused-ring (bicyclic) bond motifs is 1. The van der Waals surface area contributed by atoms with Crippen LogP contribution in [0.2, 0.25) is 0 Å². The largest absolute Gasteiger partial charge is 0.312 e. The Kier molecular flexibility index (Phi) is 3.67. The van der Waals surface area contributed by atoms with Gasteiger partial charge in [0.15, 0.2) is 5.65 Å². The monoisotopic (exact) mass is 251 g/mol. The van der Waals surface area contributed by atoms with Crippen molar-refractivity contribution < 1.29 is 0 Å². The molecule has 0 atom stereocenters. The summed E-state index contributed by atoms with van der Waals surface area (Å²) < 4.78 is 2.20. The van der Waals surface area contributed by atoms with E-state index in [0.717, 1.165) is 35.6 Å². The average molecular weight is 252 g/mol. The van der Waals surface area contributed by atoms with Crippen molar-refractivity contribution in [2.24, 2.45) is 5.92 Å². The zero-order valence-corrected chi connectivity index (χ0v) is 11.3. The van der Waals surface area contributed by atoms with Gasteiger partial charge in [0.1, 0.15) is 11.3 Å². The number of pyridine rings is 1. The smallest absolute Gasteiger partial charge is 0.160 e. The van der Waals surface area contributed by atoms with E-state index >= 15 is 0 Å². The van der Waals surface area contributed by atoms with E-state index in [9.17, 15) is 0 Å². The van der Waals surface area contributed by atoms with Gasteiger partial charge in [0.2, 0.25) is 0 Å². The number of aryl methyl sites for hydroxylation is 2. The number of rotatable bonds is 4. The number of imidazole rings is 1. The van der Waals surface area contributed by atoms with E-state index in [1.807, 2.05) is 19.1 Å². The van der Waals surface area contributed by atoms with Crippen LogP contribution in [-0.4, -0.2) is 20.4 Å². The van der Waals surface area contributed by atoms with Crippen molar-refractivity contribution in [2.45, 2.75) is 33.7 Å². The van der Waals surface area contributed by atoms with Crippen LogP contribution in [0.3, 0.4) is 0 Å². The van der Waals surface area contributed by atoms with E-state index in [1.165, 1.54) is 0 Å². The molecule has 0 aliphatic carbocycles. The summed E-state index contributed by atoms with van der Waals surface area (Å²) in [6.45, 7) is 7.35. The van der Waals surface area contributed by atoms with Gasteiger partial charge in [0.05, 0.1) is 0 Å². The molecule has 0 aliphatic heterocycles. The highest BCUT2D eigenvalue weighted by Gasteiger charge is 2.12. The van der Waals surface area contributed by atoms with Crippen LogP contribution < -0.4 is 0 Å². The van der Waals surface area contributed by atoms with Crippen LogP contribution in [0.15, 0.2) is 12.1 Å². The second kappa shape index (κ2) is 5.05. The summed E-state index contributed by atoms with van der Waals surface area (Å²) in [5.41, 5.74) is 2.98. The van der Waals surface area contributed by atoms with Crippen molar-refractivity contribution in [3.63, 3.8) is 0 Å². The van der Waals surface area contributed by atoms with E-state index in [0.29, 0.717) is 11.8 Å². The van der Waals surface area contributed by atoms with E-state index in [4.69, 9.17) is 11.6 Å². The molecule has 3 nitrogen and oxygen atoms in total. The Morgan fingerprint density at radius 1 is 1.29 bits per heavy atom. The molecule has 0 spiro atoms. The Morgan fingerprint density at radius 2 is 2.06 bits per heavy atom. The normalized spacial score (nSPS) is 11.6. The number of hydrogen-bond donors (Lipinski definition) is 0. The first-order valence-electron chi connectivity index (χ1n) is 6.00. The van der Waals surface area contributed by atoms with Crippen LogP contribution >= 0.6 is 11.6 Å². The van der Waals surface area contributed by atoms with Crippen molar-refractivity contribution in [3.8, 4) is 0 Å². The summed E-state index contributed by atoms with van der Waals surface area (Å²) in [5, 5.41) is 0. The van der Waals surface area contributed by atoms with Crippen molar-refractivity contribution in [3.05, 3.63) is 23.7 Å². The number of nitrogens with zero attached hydrogens (tertiary/aromatic N) is 3. The zero-order chi connectivity index (χ0) is 12.4. The van der Waals surface area contributed by atoms with Crippen LogP contribution in [0.5, 0.6) is 0 Å². The second-order valence-corrected chi connectivity index (χ2v) is 5.14. The molecule has 0 amide bonds. The lowest BCUT2D eigenvalue weighted by Gasteiger charge is -2.10. The molecule has 0 N–H and O–H groups in total. The molecule has 0 unspecified atom stereocenters. The van der Waals surface area contributed by atoms with Gasteiger partial charge < -0.3 is 4.57 Å². The SMILES string of the molecule is Cc1ccc2nc(CCCl)n(CC(C)C)c2n1. The molecular formula is C13H18ClN3. The van der Waals surface area contributed by atoms with Gasteiger partial charge in [0, 0.05) is 24.5 Å². The second-order valence-electron chi connectivity index (χ2n) is 4.77. The molecule has 0 bridgehead atoms. The van der Waals surface area contributed by atoms with Crippen molar-refractivity contribution in [1.82, 2.24) is 14.5 Å². The summed E-state index contributed by atoms with van der Waals surface area (Å²) in [4.78, 5) is 9.20. The summed E-state index contributed by atoms with van der Waals surface area (Å²) >= 11 is 5.83. The average Bonchev–Trinajstić information content (AvgIpc) is 2.57. The Morgan fingerprint density at radius 3 is 2.71 bits per heavy atom. The Hall–Kier alpha value is -1.09. The minimum atomic E-state index is 0.573. The molecule has 2 rings (SSSR count). The molecule has 2 heterocycles. The molecule has 4 heteroatoms. The minimum absolute atomic E-state index is 0.573. The molecule has 92 valence electrons. The van der Waals surface area contributed by atoms with Gasteiger partial charge >= 0.3 is 0 Å². The summed E-state index contributed by atoms with van der Waals surface area (Å²) in [6, 6.07) is 4.03. The fraction of sp³-hybridized carbons (Fsp3) is 0.538. The first-order chi connectivity index (χ1) is 8.11. The quantitative estimate of drug-likeness (QED) is 0.782. The van der Waals surface area contributed by atoms with E-state index < -0.39 is 0 Å². The van der Waals surface area contributed by atoms with Gasteiger partial charge in [-0.2, -0.15) is 0 Å². The number of alkyl halides is 1. The topological polar surface area (TPSA) is 30.7 Å². The Balaban J connectivity index is 2.55. The lowest BCUT2D eigenvalue weighted by Crippen LogP contribution is -2.10. The molecule has 0 saturated heterocycles. The van der Waals surface area contributed by atoms with E-state index in [2.05, 4.69) is 28.4 Å². The Labute approximate surface area is 107 Å². The highest BCUT2D eigenvalue weighted by Crippen LogP contribution is 2.17. The maximum atomic E-state index is 5.83. The molecule has 0 saturated carbocycles. The zero-order valence-electron chi connectivity index (χ0n) is 10.6. The fourth-order valence-corrected chi connectivity index (χ4v) is 2.14. The van der Waals surface area contributed by atoms with E-state index in [-0.39, 0.29) is 0 Å². The predicted octanol–water partition coefficient (Wildman–Crippen LogP) is 3.18. The predicted molar refractivity (Wildman–Crippen MR) is 71.5 cm³/mol. The lowest BCUT2D eigenvalue weighted by atomic mass is 10.2. The Bertz CT molecular complexity index is 517.